The third-order valence-corrected chi connectivity index (χ3v) is 7.22. The van der Waals surface area contributed by atoms with Crippen LogP contribution in [-0.4, -0.2) is 56.5 Å². The molecule has 33 heavy (non-hydrogen) atoms. The molecule has 1 amide bonds. The molecule has 0 unspecified atom stereocenters. The Bertz CT molecular complexity index is 1010. The van der Waals surface area contributed by atoms with Gasteiger partial charge in [0.25, 0.3) is 5.91 Å². The van der Waals surface area contributed by atoms with E-state index in [1.807, 2.05) is 23.1 Å². The molecule has 1 aliphatic carbocycles. The maximum absolute atomic E-state index is 13.9. The lowest BCUT2D eigenvalue weighted by atomic mass is 9.66. The lowest BCUT2D eigenvalue weighted by Crippen LogP contribution is -2.56. The monoisotopic (exact) mass is 455 g/mol. The summed E-state index contributed by atoms with van der Waals surface area (Å²) in [6.07, 6.45) is 4.14. The molecule has 2 aromatic carbocycles. The second-order valence-corrected chi connectivity index (χ2v) is 8.82. The van der Waals surface area contributed by atoms with Gasteiger partial charge in [-0.15, -0.1) is 0 Å². The molecule has 2 aromatic rings. The molecule has 0 radical (unpaired) electrons. The topological polar surface area (TPSA) is 77.5 Å². The van der Waals surface area contributed by atoms with Crippen LogP contribution in [0.25, 0.3) is 0 Å². The fraction of sp³-hybridized carbons (Fsp3) is 0.500. The zero-order chi connectivity index (χ0) is 23.6. The van der Waals surface area contributed by atoms with Gasteiger partial charge in [-0.2, -0.15) is 0 Å². The number of ether oxygens (including phenoxy) is 4. The zero-order valence-electron chi connectivity index (χ0n) is 19.8. The fourth-order valence-electron chi connectivity index (χ4n) is 5.49. The van der Waals surface area contributed by atoms with Gasteiger partial charge in [0.2, 0.25) is 0 Å². The van der Waals surface area contributed by atoms with Crippen molar-refractivity contribution in [3.8, 4) is 23.0 Å². The van der Waals surface area contributed by atoms with Crippen molar-refractivity contribution in [2.75, 3.05) is 35.0 Å². The lowest BCUT2D eigenvalue weighted by molar-refractivity contribution is -0.115. The number of piperidine rings is 1. The third-order valence-electron chi connectivity index (χ3n) is 7.22. The van der Waals surface area contributed by atoms with Gasteiger partial charge in [0.15, 0.2) is 0 Å². The number of hydrogen-bond acceptors (Lipinski definition) is 6. The average Bonchev–Trinajstić information content (AvgIpc) is 2.86. The molecule has 3 atom stereocenters. The smallest absolute Gasteiger partial charge is 0.258 e. The summed E-state index contributed by atoms with van der Waals surface area (Å²) in [7, 11) is 6.37. The Kier molecular flexibility index (Phi) is 6.70. The van der Waals surface area contributed by atoms with Gasteiger partial charge >= 0.3 is 0 Å². The summed E-state index contributed by atoms with van der Waals surface area (Å²) >= 11 is 0. The molecule has 4 rings (SSSR count). The number of likely N-dealkylation sites (tertiary alicyclic amines) is 1. The van der Waals surface area contributed by atoms with Crippen molar-refractivity contribution in [3.05, 3.63) is 47.5 Å². The summed E-state index contributed by atoms with van der Waals surface area (Å²) in [5.74, 6) is 2.20. The second kappa shape index (κ2) is 9.51. The van der Waals surface area contributed by atoms with Gasteiger partial charge in [0, 0.05) is 24.1 Å². The molecular weight excluding hydrogens is 422 g/mol. The van der Waals surface area contributed by atoms with Crippen LogP contribution in [0.3, 0.4) is 0 Å². The zero-order valence-corrected chi connectivity index (χ0v) is 19.8. The number of rotatable bonds is 6. The van der Waals surface area contributed by atoms with Crippen molar-refractivity contribution in [2.24, 2.45) is 5.92 Å². The van der Waals surface area contributed by atoms with E-state index < -0.39 is 5.60 Å². The van der Waals surface area contributed by atoms with Crippen molar-refractivity contribution < 1.29 is 28.8 Å². The van der Waals surface area contributed by atoms with Crippen LogP contribution in [0.15, 0.2) is 36.4 Å². The molecule has 1 saturated heterocycles. The van der Waals surface area contributed by atoms with Gasteiger partial charge in [-0.05, 0) is 49.6 Å². The van der Waals surface area contributed by atoms with E-state index in [0.717, 1.165) is 31.2 Å². The number of nitrogens with zero attached hydrogens (tertiary/aromatic N) is 1. The Balaban J connectivity index is 1.83. The summed E-state index contributed by atoms with van der Waals surface area (Å²) in [4.78, 5) is 15.8. The maximum Gasteiger partial charge on any atom is 0.258 e. The van der Waals surface area contributed by atoms with Gasteiger partial charge < -0.3 is 29.0 Å². The molecule has 1 saturated carbocycles. The number of hydrogen-bond donors (Lipinski definition) is 1. The number of benzene rings is 2. The average molecular weight is 456 g/mol. The highest BCUT2D eigenvalue weighted by atomic mass is 16.5. The number of methoxy groups -OCH3 is 4. The lowest BCUT2D eigenvalue weighted by Gasteiger charge is -2.52. The minimum Gasteiger partial charge on any atom is -0.497 e. The minimum atomic E-state index is -0.808. The first-order chi connectivity index (χ1) is 16.0. The normalized spacial score (nSPS) is 24.6. The van der Waals surface area contributed by atoms with Crippen LogP contribution in [0.2, 0.25) is 0 Å². The van der Waals surface area contributed by atoms with Crippen molar-refractivity contribution in [1.82, 2.24) is 4.90 Å². The summed E-state index contributed by atoms with van der Waals surface area (Å²) in [6.45, 7) is 0.437. The van der Waals surface area contributed by atoms with Crippen molar-refractivity contribution in [1.29, 1.82) is 0 Å². The molecule has 0 aromatic heterocycles. The Labute approximate surface area is 195 Å². The molecule has 178 valence electrons. The number of amides is 1. The molecule has 2 fully saturated rings. The number of carbonyl (C=O) groups excluding carboxylic acids is 1. The van der Waals surface area contributed by atoms with Gasteiger partial charge in [-0.25, -0.2) is 0 Å². The van der Waals surface area contributed by atoms with E-state index in [1.165, 1.54) is 0 Å². The molecule has 1 aliphatic heterocycles. The van der Waals surface area contributed by atoms with E-state index in [-0.39, 0.29) is 17.9 Å². The largest absolute Gasteiger partial charge is 0.497 e. The molecule has 0 spiro atoms. The SMILES string of the molecule is COc1ccc(C(=O)N2CC[C@@]3(O)CCCC[C@@H]3[C@@H]2c2cc(OC)ccc2OC)c(OC)c1. The van der Waals surface area contributed by atoms with Crippen molar-refractivity contribution >= 4 is 5.91 Å². The first-order valence-electron chi connectivity index (χ1n) is 11.4. The number of carbonyl (C=O) groups is 1. The summed E-state index contributed by atoms with van der Waals surface area (Å²) in [6, 6.07) is 10.5. The minimum absolute atomic E-state index is 0.103. The Morgan fingerprint density at radius 3 is 2.30 bits per heavy atom. The highest BCUT2D eigenvalue weighted by molar-refractivity contribution is 5.97. The van der Waals surface area contributed by atoms with Crippen molar-refractivity contribution in [2.45, 2.75) is 43.7 Å². The van der Waals surface area contributed by atoms with Crippen LogP contribution in [0, 0.1) is 5.92 Å². The van der Waals surface area contributed by atoms with E-state index in [1.54, 1.807) is 46.6 Å². The summed E-state index contributed by atoms with van der Waals surface area (Å²) in [5, 5.41) is 11.6. The van der Waals surface area contributed by atoms with E-state index in [0.29, 0.717) is 41.5 Å². The highest BCUT2D eigenvalue weighted by Gasteiger charge is 2.51. The summed E-state index contributed by atoms with van der Waals surface area (Å²) in [5.41, 5.74) is 0.506. The van der Waals surface area contributed by atoms with Crippen LogP contribution in [0.1, 0.15) is 54.1 Å². The van der Waals surface area contributed by atoms with E-state index in [2.05, 4.69) is 0 Å². The van der Waals surface area contributed by atoms with Crippen LogP contribution >= 0.6 is 0 Å². The van der Waals surface area contributed by atoms with Crippen LogP contribution in [-0.2, 0) is 0 Å². The van der Waals surface area contributed by atoms with Crippen LogP contribution in [0.5, 0.6) is 23.0 Å². The van der Waals surface area contributed by atoms with Gasteiger partial charge in [0.05, 0.1) is 45.6 Å². The van der Waals surface area contributed by atoms with Crippen molar-refractivity contribution in [3.63, 3.8) is 0 Å². The standard InChI is InChI=1S/C26H33NO6/c1-30-17-9-11-22(32-3)20(15-17)24-21-7-5-6-12-26(21,29)13-14-27(24)25(28)19-10-8-18(31-2)16-23(19)33-4/h8-11,15-16,21,24,29H,5-7,12-14H2,1-4H3/t21-,24+,26+/m1/s1. The predicted molar refractivity (Wildman–Crippen MR) is 124 cm³/mol. The molecule has 1 N–H and O–H groups in total. The van der Waals surface area contributed by atoms with Gasteiger partial charge in [-0.1, -0.05) is 12.8 Å². The van der Waals surface area contributed by atoms with E-state index in [4.69, 9.17) is 18.9 Å². The Morgan fingerprint density at radius 1 is 0.909 bits per heavy atom. The molecular formula is C26H33NO6. The van der Waals surface area contributed by atoms with E-state index in [9.17, 15) is 9.90 Å². The Morgan fingerprint density at radius 2 is 1.61 bits per heavy atom. The highest BCUT2D eigenvalue weighted by Crippen LogP contribution is 2.52. The number of fused-ring (bicyclic) bond motifs is 1. The molecule has 7 nitrogen and oxygen atoms in total. The molecule has 2 aliphatic rings. The molecule has 1 heterocycles. The molecule has 0 bridgehead atoms. The second-order valence-electron chi connectivity index (χ2n) is 8.82. The molecule has 7 heteroatoms. The first kappa shape index (κ1) is 23.2. The Hall–Kier alpha value is -2.93. The third kappa shape index (κ3) is 4.22. The van der Waals surface area contributed by atoms with E-state index >= 15 is 0 Å². The quantitative estimate of drug-likeness (QED) is 0.703. The predicted octanol–water partition coefficient (Wildman–Crippen LogP) is 4.23. The number of aliphatic hydroxyl groups is 1. The fourth-order valence-corrected chi connectivity index (χ4v) is 5.49. The first-order valence-corrected chi connectivity index (χ1v) is 11.4. The van der Waals surface area contributed by atoms with Crippen LogP contribution < -0.4 is 18.9 Å². The van der Waals surface area contributed by atoms with Gasteiger partial charge in [0.1, 0.15) is 23.0 Å². The van der Waals surface area contributed by atoms with Gasteiger partial charge in [-0.3, -0.25) is 4.79 Å². The van der Waals surface area contributed by atoms with Crippen LogP contribution in [0.4, 0.5) is 0 Å². The summed E-state index contributed by atoms with van der Waals surface area (Å²) < 4.78 is 22.0. The maximum atomic E-state index is 13.9.